The van der Waals surface area contributed by atoms with Gasteiger partial charge in [-0.3, -0.25) is 4.79 Å². The third-order valence-electron chi connectivity index (χ3n) is 3.24. The zero-order valence-electron chi connectivity index (χ0n) is 12.0. The van der Waals surface area contributed by atoms with Gasteiger partial charge < -0.3 is 16.0 Å². The minimum absolute atomic E-state index is 0.114. The molecule has 0 saturated heterocycles. The van der Waals surface area contributed by atoms with Crippen LogP contribution in [0, 0.1) is 0 Å². The number of carbonyl (C=O) groups is 1. The molecule has 0 aliphatic heterocycles. The van der Waals surface area contributed by atoms with E-state index < -0.39 is 0 Å². The number of hydrogen-bond donors (Lipinski definition) is 2. The van der Waals surface area contributed by atoms with Crippen LogP contribution in [0.25, 0.3) is 0 Å². The lowest BCUT2D eigenvalue weighted by Gasteiger charge is -2.17. The van der Waals surface area contributed by atoms with Gasteiger partial charge >= 0.3 is 0 Å². The van der Waals surface area contributed by atoms with Crippen molar-refractivity contribution in [3.05, 3.63) is 29.8 Å². The maximum atomic E-state index is 11.9. The summed E-state index contributed by atoms with van der Waals surface area (Å²) in [5, 5.41) is 3.19. The summed E-state index contributed by atoms with van der Waals surface area (Å²) in [6, 6.07) is 7.06. The molecule has 1 rings (SSSR count). The van der Waals surface area contributed by atoms with Gasteiger partial charge in [0.05, 0.1) is 6.54 Å². The number of nitrogen functional groups attached to an aromatic ring is 1. The van der Waals surface area contributed by atoms with Crippen molar-refractivity contribution in [3.8, 4) is 0 Å². The summed E-state index contributed by atoms with van der Waals surface area (Å²) in [6.07, 6.45) is 1.07. The zero-order valence-corrected chi connectivity index (χ0v) is 12.0. The molecular weight excluding hydrogens is 238 g/mol. The Labute approximate surface area is 116 Å². The number of hydrogen-bond acceptors (Lipinski definition) is 4. The van der Waals surface area contributed by atoms with Crippen molar-refractivity contribution < 1.29 is 4.79 Å². The molecule has 0 spiro atoms. The topological polar surface area (TPSA) is 58.4 Å². The molecule has 4 nitrogen and oxygen atoms in total. The van der Waals surface area contributed by atoms with Gasteiger partial charge in [0.15, 0.2) is 5.78 Å². The van der Waals surface area contributed by atoms with Crippen LogP contribution < -0.4 is 11.1 Å². The van der Waals surface area contributed by atoms with Gasteiger partial charge in [-0.2, -0.15) is 0 Å². The van der Waals surface area contributed by atoms with Crippen molar-refractivity contribution in [2.75, 3.05) is 38.5 Å². The van der Waals surface area contributed by atoms with E-state index in [2.05, 4.69) is 24.1 Å². The highest BCUT2D eigenvalue weighted by Crippen LogP contribution is 2.05. The second-order valence-electron chi connectivity index (χ2n) is 4.60. The van der Waals surface area contributed by atoms with Crippen molar-refractivity contribution in [3.63, 3.8) is 0 Å². The first-order valence-corrected chi connectivity index (χ1v) is 6.99. The SMILES string of the molecule is CCN(CC)CCCNCC(=O)c1ccc(N)cc1. The van der Waals surface area contributed by atoms with E-state index in [1.165, 1.54) is 0 Å². The average molecular weight is 263 g/mol. The average Bonchev–Trinajstić information content (AvgIpc) is 2.43. The maximum Gasteiger partial charge on any atom is 0.176 e. The molecule has 4 heteroatoms. The highest BCUT2D eigenvalue weighted by Gasteiger charge is 2.04. The molecule has 0 saturated carbocycles. The van der Waals surface area contributed by atoms with E-state index in [0.29, 0.717) is 17.8 Å². The third-order valence-corrected chi connectivity index (χ3v) is 3.24. The summed E-state index contributed by atoms with van der Waals surface area (Å²) >= 11 is 0. The summed E-state index contributed by atoms with van der Waals surface area (Å²) in [7, 11) is 0. The van der Waals surface area contributed by atoms with Gasteiger partial charge in [0.1, 0.15) is 0 Å². The largest absolute Gasteiger partial charge is 0.399 e. The van der Waals surface area contributed by atoms with E-state index in [-0.39, 0.29) is 5.78 Å². The summed E-state index contributed by atoms with van der Waals surface area (Å²) in [4.78, 5) is 14.2. The van der Waals surface area contributed by atoms with Crippen LogP contribution in [0.5, 0.6) is 0 Å². The molecule has 0 aliphatic rings. The summed E-state index contributed by atoms with van der Waals surface area (Å²) < 4.78 is 0. The van der Waals surface area contributed by atoms with Gasteiger partial charge in [-0.1, -0.05) is 13.8 Å². The lowest BCUT2D eigenvalue weighted by Crippen LogP contribution is -2.29. The van der Waals surface area contributed by atoms with E-state index in [4.69, 9.17) is 5.73 Å². The van der Waals surface area contributed by atoms with E-state index in [1.54, 1.807) is 24.3 Å². The van der Waals surface area contributed by atoms with Gasteiger partial charge in [0.2, 0.25) is 0 Å². The van der Waals surface area contributed by atoms with Crippen molar-refractivity contribution in [1.82, 2.24) is 10.2 Å². The Morgan fingerprint density at radius 3 is 2.42 bits per heavy atom. The van der Waals surface area contributed by atoms with Gasteiger partial charge in [0.25, 0.3) is 0 Å². The second kappa shape index (κ2) is 8.67. The first-order valence-electron chi connectivity index (χ1n) is 6.99. The van der Waals surface area contributed by atoms with E-state index in [0.717, 1.165) is 32.6 Å². The molecule has 0 radical (unpaired) electrons. The molecule has 0 unspecified atom stereocenters. The molecule has 0 aromatic heterocycles. The number of benzene rings is 1. The fourth-order valence-corrected chi connectivity index (χ4v) is 1.94. The summed E-state index contributed by atoms with van der Waals surface area (Å²) in [5.74, 6) is 0.114. The van der Waals surface area contributed by atoms with Crippen molar-refractivity contribution in [1.29, 1.82) is 0 Å². The lowest BCUT2D eigenvalue weighted by atomic mass is 10.1. The lowest BCUT2D eigenvalue weighted by molar-refractivity contribution is 0.0991. The fraction of sp³-hybridized carbons (Fsp3) is 0.533. The molecule has 0 fully saturated rings. The smallest absolute Gasteiger partial charge is 0.176 e. The molecule has 0 heterocycles. The Balaban J connectivity index is 2.19. The highest BCUT2D eigenvalue weighted by molar-refractivity contribution is 5.97. The molecule has 1 aromatic carbocycles. The minimum atomic E-state index is 0.114. The number of nitrogens with one attached hydrogen (secondary N) is 1. The normalized spacial score (nSPS) is 10.9. The Bertz CT molecular complexity index is 371. The summed E-state index contributed by atoms with van der Waals surface area (Å²) in [6.45, 7) is 8.85. The third kappa shape index (κ3) is 5.85. The van der Waals surface area contributed by atoms with Gasteiger partial charge in [0, 0.05) is 11.3 Å². The van der Waals surface area contributed by atoms with Crippen LogP contribution in [-0.2, 0) is 0 Å². The first-order chi connectivity index (χ1) is 9.17. The Kier molecular flexibility index (Phi) is 7.15. The molecule has 0 aliphatic carbocycles. The minimum Gasteiger partial charge on any atom is -0.399 e. The predicted molar refractivity (Wildman–Crippen MR) is 80.5 cm³/mol. The molecule has 19 heavy (non-hydrogen) atoms. The molecular formula is C15H25N3O. The van der Waals surface area contributed by atoms with Crippen LogP contribution in [0.2, 0.25) is 0 Å². The molecule has 0 bridgehead atoms. The van der Waals surface area contributed by atoms with Crippen LogP contribution >= 0.6 is 0 Å². The predicted octanol–water partition coefficient (Wildman–Crippen LogP) is 1.77. The maximum absolute atomic E-state index is 11.9. The van der Waals surface area contributed by atoms with Crippen LogP contribution in [0.3, 0.4) is 0 Å². The molecule has 0 atom stereocenters. The second-order valence-corrected chi connectivity index (χ2v) is 4.60. The van der Waals surface area contributed by atoms with E-state index in [9.17, 15) is 4.79 Å². The number of nitrogens with zero attached hydrogens (tertiary/aromatic N) is 1. The van der Waals surface area contributed by atoms with Gasteiger partial charge in [-0.05, 0) is 56.9 Å². The van der Waals surface area contributed by atoms with Gasteiger partial charge in [-0.25, -0.2) is 0 Å². The van der Waals surface area contributed by atoms with Crippen molar-refractivity contribution in [2.24, 2.45) is 0 Å². The monoisotopic (exact) mass is 263 g/mol. The number of nitrogens with two attached hydrogens (primary N) is 1. The number of carbonyl (C=O) groups excluding carboxylic acids is 1. The Morgan fingerprint density at radius 1 is 1.21 bits per heavy atom. The number of rotatable bonds is 9. The van der Waals surface area contributed by atoms with Crippen molar-refractivity contribution >= 4 is 11.5 Å². The Hall–Kier alpha value is -1.39. The van der Waals surface area contributed by atoms with E-state index in [1.807, 2.05) is 0 Å². The van der Waals surface area contributed by atoms with Crippen LogP contribution in [0.15, 0.2) is 24.3 Å². The van der Waals surface area contributed by atoms with Crippen LogP contribution in [0.4, 0.5) is 5.69 Å². The van der Waals surface area contributed by atoms with E-state index >= 15 is 0 Å². The fourth-order valence-electron chi connectivity index (χ4n) is 1.94. The van der Waals surface area contributed by atoms with Gasteiger partial charge in [-0.15, -0.1) is 0 Å². The van der Waals surface area contributed by atoms with Crippen molar-refractivity contribution in [2.45, 2.75) is 20.3 Å². The summed E-state index contributed by atoms with van der Waals surface area (Å²) in [5.41, 5.74) is 6.99. The number of ketones is 1. The number of Topliss-reactive ketones (excluding diaryl/α,β-unsaturated/α-hetero) is 1. The molecule has 1 aromatic rings. The zero-order chi connectivity index (χ0) is 14.1. The highest BCUT2D eigenvalue weighted by atomic mass is 16.1. The molecule has 106 valence electrons. The number of anilines is 1. The van der Waals surface area contributed by atoms with Crippen LogP contribution in [0.1, 0.15) is 30.6 Å². The first kappa shape index (κ1) is 15.7. The Morgan fingerprint density at radius 2 is 1.84 bits per heavy atom. The quantitative estimate of drug-likeness (QED) is 0.405. The molecule has 3 N–H and O–H groups in total. The molecule has 0 amide bonds. The van der Waals surface area contributed by atoms with Crippen LogP contribution in [-0.4, -0.2) is 43.4 Å². The standard InChI is InChI=1S/C15H25N3O/c1-3-18(4-2)11-5-10-17-12-15(19)13-6-8-14(16)9-7-13/h6-9,17H,3-5,10-12,16H2,1-2H3.